The monoisotopic (exact) mass is 409 g/mol. The third-order valence-electron chi connectivity index (χ3n) is 3.50. The zero-order valence-corrected chi connectivity index (χ0v) is 15.7. The second-order valence-corrected chi connectivity index (χ2v) is 7.67. The summed E-state index contributed by atoms with van der Waals surface area (Å²) in [5.41, 5.74) is 0.989. The maximum atomic E-state index is 6.16. The van der Waals surface area contributed by atoms with Gasteiger partial charge in [0.05, 0.1) is 19.8 Å². The highest BCUT2D eigenvalue weighted by Crippen LogP contribution is 2.33. The van der Waals surface area contributed by atoms with Gasteiger partial charge in [-0.05, 0) is 29.8 Å². The minimum atomic E-state index is 0.479. The summed E-state index contributed by atoms with van der Waals surface area (Å²) in [7, 11) is 0. The predicted molar refractivity (Wildman–Crippen MR) is 103 cm³/mol. The molecule has 0 saturated heterocycles. The fraction of sp³-hybridized carbons (Fsp3) is 0.0625. The number of fused-ring (bicyclic) bond motifs is 1. The van der Waals surface area contributed by atoms with Crippen LogP contribution in [0.5, 0.6) is 0 Å². The third-order valence-corrected chi connectivity index (χ3v) is 5.40. The number of thiophene rings is 1. The molecule has 0 atom stereocenters. The van der Waals surface area contributed by atoms with E-state index in [2.05, 4.69) is 20.4 Å². The van der Waals surface area contributed by atoms with Gasteiger partial charge in [0.15, 0.2) is 0 Å². The summed E-state index contributed by atoms with van der Waals surface area (Å²) < 4.78 is 2.26. The van der Waals surface area contributed by atoms with Gasteiger partial charge in [0.25, 0.3) is 5.95 Å². The zero-order valence-electron chi connectivity index (χ0n) is 12.6. The van der Waals surface area contributed by atoms with E-state index in [1.54, 1.807) is 23.1 Å². The number of nitrogens with one attached hydrogen (secondary N) is 1. The Hall–Kier alpha value is -1.86. The Balaban J connectivity index is 1.70. The first-order valence-electron chi connectivity index (χ1n) is 7.25. The molecule has 0 radical (unpaired) electrons. The van der Waals surface area contributed by atoms with Crippen molar-refractivity contribution in [3.8, 4) is 5.95 Å². The van der Waals surface area contributed by atoms with E-state index in [0.29, 0.717) is 32.7 Å². The third kappa shape index (κ3) is 3.43. The lowest BCUT2D eigenvalue weighted by Crippen LogP contribution is -2.07. The average Bonchev–Trinajstić information content (AvgIpc) is 3.24. The number of halogens is 3. The van der Waals surface area contributed by atoms with Crippen LogP contribution in [0.2, 0.25) is 14.4 Å². The van der Waals surface area contributed by atoms with Crippen LogP contribution >= 0.6 is 46.1 Å². The first-order chi connectivity index (χ1) is 12.1. The van der Waals surface area contributed by atoms with Crippen molar-refractivity contribution in [3.63, 3.8) is 0 Å². The van der Waals surface area contributed by atoms with Crippen molar-refractivity contribution in [1.82, 2.24) is 19.7 Å². The minimum absolute atomic E-state index is 0.479. The van der Waals surface area contributed by atoms with Crippen molar-refractivity contribution in [3.05, 3.63) is 62.7 Å². The smallest absolute Gasteiger partial charge is 0.253 e. The Morgan fingerprint density at radius 2 is 1.96 bits per heavy atom. The van der Waals surface area contributed by atoms with Crippen molar-refractivity contribution in [2.24, 2.45) is 0 Å². The molecule has 25 heavy (non-hydrogen) atoms. The van der Waals surface area contributed by atoms with Gasteiger partial charge < -0.3 is 5.32 Å². The van der Waals surface area contributed by atoms with Gasteiger partial charge in [0.2, 0.25) is 0 Å². The molecule has 0 aliphatic rings. The van der Waals surface area contributed by atoms with E-state index in [9.17, 15) is 0 Å². The quantitative estimate of drug-likeness (QED) is 0.486. The molecule has 0 saturated carbocycles. The molecular weight excluding hydrogens is 401 g/mol. The lowest BCUT2D eigenvalue weighted by atomic mass is 10.2. The van der Waals surface area contributed by atoms with Gasteiger partial charge in [0.1, 0.15) is 10.6 Å². The molecule has 3 aromatic heterocycles. The minimum Gasteiger partial charge on any atom is -0.365 e. The van der Waals surface area contributed by atoms with Crippen molar-refractivity contribution >= 4 is 62.2 Å². The molecule has 0 aliphatic carbocycles. The molecule has 0 aliphatic heterocycles. The number of benzene rings is 1. The van der Waals surface area contributed by atoms with Gasteiger partial charge in [0, 0.05) is 18.9 Å². The Kier molecular flexibility index (Phi) is 4.52. The van der Waals surface area contributed by atoms with Crippen LogP contribution in [0.25, 0.3) is 16.2 Å². The van der Waals surface area contributed by atoms with Crippen molar-refractivity contribution in [2.75, 3.05) is 5.32 Å². The van der Waals surface area contributed by atoms with Gasteiger partial charge in [-0.1, -0.05) is 40.9 Å². The molecule has 9 heteroatoms. The Bertz CT molecular complexity index is 1050. The molecule has 0 fully saturated rings. The van der Waals surface area contributed by atoms with Gasteiger partial charge in [-0.25, -0.2) is 4.68 Å². The van der Waals surface area contributed by atoms with Crippen molar-refractivity contribution in [1.29, 1.82) is 0 Å². The largest absolute Gasteiger partial charge is 0.365 e. The summed E-state index contributed by atoms with van der Waals surface area (Å²) in [5.74, 6) is 1.16. The molecule has 0 amide bonds. The van der Waals surface area contributed by atoms with Crippen LogP contribution in [0.3, 0.4) is 0 Å². The zero-order chi connectivity index (χ0) is 17.4. The van der Waals surface area contributed by atoms with Gasteiger partial charge in [-0.3, -0.25) is 0 Å². The van der Waals surface area contributed by atoms with Crippen LogP contribution in [-0.2, 0) is 6.54 Å². The number of nitrogens with zero attached hydrogens (tertiary/aromatic N) is 4. The van der Waals surface area contributed by atoms with Gasteiger partial charge in [-0.15, -0.1) is 11.3 Å². The van der Waals surface area contributed by atoms with E-state index in [1.807, 2.05) is 24.3 Å². The van der Waals surface area contributed by atoms with Crippen LogP contribution < -0.4 is 5.32 Å². The standard InChI is InChI=1S/C16H10Cl3N5S/c17-11-3-2-9(6-12(11)18)8-20-14-10-7-13(19)25-15(10)23-16(22-14)24-5-1-4-21-24/h1-7H,8H2,(H,20,22,23). The van der Waals surface area contributed by atoms with Crippen LogP contribution in [0, 0.1) is 0 Å². The second kappa shape index (κ2) is 6.80. The molecule has 5 nitrogen and oxygen atoms in total. The van der Waals surface area contributed by atoms with Crippen molar-refractivity contribution in [2.45, 2.75) is 6.54 Å². The molecule has 0 unspecified atom stereocenters. The summed E-state index contributed by atoms with van der Waals surface area (Å²) in [5, 5.41) is 9.42. The molecule has 4 aromatic rings. The Morgan fingerprint density at radius 1 is 1.08 bits per heavy atom. The second-order valence-electron chi connectivity index (χ2n) is 5.19. The summed E-state index contributed by atoms with van der Waals surface area (Å²) in [6, 6.07) is 9.18. The maximum Gasteiger partial charge on any atom is 0.253 e. The molecule has 0 bridgehead atoms. The molecule has 3 heterocycles. The average molecular weight is 411 g/mol. The molecular formula is C16H10Cl3N5S. The van der Waals surface area contributed by atoms with E-state index in [1.165, 1.54) is 11.3 Å². The predicted octanol–water partition coefficient (Wildman–Crippen LogP) is 5.45. The number of hydrogen-bond acceptors (Lipinski definition) is 5. The lowest BCUT2D eigenvalue weighted by molar-refractivity contribution is 0.816. The highest BCUT2D eigenvalue weighted by molar-refractivity contribution is 7.22. The maximum absolute atomic E-state index is 6.16. The van der Waals surface area contributed by atoms with E-state index in [0.717, 1.165) is 15.8 Å². The number of anilines is 1. The summed E-state index contributed by atoms with van der Waals surface area (Å²) >= 11 is 19.6. The Labute approximate surface area is 162 Å². The molecule has 0 spiro atoms. The number of aromatic nitrogens is 4. The SMILES string of the molecule is Clc1cc2c(NCc3ccc(Cl)c(Cl)c3)nc(-n3cccn3)nc2s1. The van der Waals surface area contributed by atoms with E-state index in [-0.39, 0.29) is 0 Å². The summed E-state index contributed by atoms with van der Waals surface area (Å²) in [6.07, 6.45) is 3.47. The first kappa shape index (κ1) is 16.6. The van der Waals surface area contributed by atoms with Crippen molar-refractivity contribution < 1.29 is 0 Å². The lowest BCUT2D eigenvalue weighted by Gasteiger charge is -2.09. The topological polar surface area (TPSA) is 55.6 Å². The first-order valence-corrected chi connectivity index (χ1v) is 9.20. The normalized spacial score (nSPS) is 11.2. The van der Waals surface area contributed by atoms with Crippen LogP contribution in [0.1, 0.15) is 5.56 Å². The number of rotatable bonds is 4. The molecule has 4 rings (SSSR count). The highest BCUT2D eigenvalue weighted by Gasteiger charge is 2.13. The summed E-state index contributed by atoms with van der Waals surface area (Å²) in [4.78, 5) is 9.90. The molecule has 1 N–H and O–H groups in total. The van der Waals surface area contributed by atoms with Crippen LogP contribution in [0.15, 0.2) is 42.7 Å². The molecule has 126 valence electrons. The fourth-order valence-corrected chi connectivity index (χ4v) is 3.74. The van der Waals surface area contributed by atoms with E-state index in [4.69, 9.17) is 34.8 Å². The fourth-order valence-electron chi connectivity index (χ4n) is 2.34. The van der Waals surface area contributed by atoms with Gasteiger partial charge in [-0.2, -0.15) is 15.1 Å². The number of hydrogen-bond donors (Lipinski definition) is 1. The van der Waals surface area contributed by atoms with Gasteiger partial charge >= 0.3 is 0 Å². The Morgan fingerprint density at radius 3 is 2.72 bits per heavy atom. The van der Waals surface area contributed by atoms with Crippen LogP contribution in [-0.4, -0.2) is 19.7 Å². The highest BCUT2D eigenvalue weighted by atomic mass is 35.5. The van der Waals surface area contributed by atoms with E-state index >= 15 is 0 Å². The van der Waals surface area contributed by atoms with Crippen LogP contribution in [0.4, 0.5) is 5.82 Å². The molecule has 1 aromatic carbocycles. The summed E-state index contributed by atoms with van der Waals surface area (Å²) in [6.45, 7) is 0.537. The van der Waals surface area contributed by atoms with E-state index < -0.39 is 0 Å².